The molecule has 0 unspecified atom stereocenters. The minimum atomic E-state index is -1.44. The standard InChI is InChI=1S/C8H5BrO4/c9-6-4(7(10)11)2-1-3-5(6)8(12)13/h1-3H,(H,10,11)(H,12,13)/p-2. The number of rotatable bonds is 2. The van der Waals surface area contributed by atoms with Crippen molar-refractivity contribution in [2.45, 2.75) is 0 Å². The highest BCUT2D eigenvalue weighted by atomic mass is 79.9. The smallest absolute Gasteiger partial charge is 0.0726 e. The Kier molecular flexibility index (Phi) is 2.67. The molecule has 0 N–H and O–H groups in total. The van der Waals surface area contributed by atoms with Gasteiger partial charge in [0.2, 0.25) is 0 Å². The number of aromatic carboxylic acids is 2. The number of hydrogen-bond acceptors (Lipinski definition) is 4. The topological polar surface area (TPSA) is 80.3 Å². The molecule has 4 nitrogen and oxygen atoms in total. The summed E-state index contributed by atoms with van der Waals surface area (Å²) in [6.45, 7) is 0. The Morgan fingerprint density at radius 1 is 1.08 bits per heavy atom. The molecule has 0 saturated carbocycles. The molecule has 0 aromatic heterocycles. The summed E-state index contributed by atoms with van der Waals surface area (Å²) in [5.74, 6) is -2.87. The van der Waals surface area contributed by atoms with E-state index in [2.05, 4.69) is 15.9 Å². The van der Waals surface area contributed by atoms with Crippen molar-refractivity contribution in [2.24, 2.45) is 0 Å². The fourth-order valence-corrected chi connectivity index (χ4v) is 1.44. The average Bonchev–Trinajstić information content (AvgIpc) is 2.03. The van der Waals surface area contributed by atoms with Crippen LogP contribution in [0.4, 0.5) is 0 Å². The van der Waals surface area contributed by atoms with Crippen LogP contribution in [-0.4, -0.2) is 11.9 Å². The predicted octanol–water partition coefficient (Wildman–Crippen LogP) is -0.824. The van der Waals surface area contributed by atoms with Crippen LogP contribution >= 0.6 is 15.9 Å². The SMILES string of the molecule is O=C([O-])c1cccc(C(=O)[O-])c1Br. The van der Waals surface area contributed by atoms with Gasteiger partial charge in [-0.3, -0.25) is 0 Å². The summed E-state index contributed by atoms with van der Waals surface area (Å²) in [4.78, 5) is 20.9. The Hall–Kier alpha value is -1.36. The molecule has 0 aliphatic rings. The molecular formula is C8H3BrO4-2. The largest absolute Gasteiger partial charge is 0.545 e. The highest BCUT2D eigenvalue weighted by molar-refractivity contribution is 9.10. The summed E-state index contributed by atoms with van der Waals surface area (Å²) in [5.41, 5.74) is -0.414. The fraction of sp³-hybridized carbons (Fsp3) is 0. The number of halogens is 1. The van der Waals surface area contributed by atoms with Gasteiger partial charge in [0.15, 0.2) is 0 Å². The van der Waals surface area contributed by atoms with Crippen molar-refractivity contribution < 1.29 is 19.8 Å². The maximum Gasteiger partial charge on any atom is 0.0726 e. The first-order valence-corrected chi connectivity index (χ1v) is 4.04. The molecule has 1 rings (SSSR count). The van der Waals surface area contributed by atoms with Crippen LogP contribution in [-0.2, 0) is 0 Å². The van der Waals surface area contributed by atoms with E-state index in [1.165, 1.54) is 18.2 Å². The van der Waals surface area contributed by atoms with Crippen LogP contribution in [0.5, 0.6) is 0 Å². The summed E-state index contributed by atoms with van der Waals surface area (Å²) >= 11 is 2.84. The lowest BCUT2D eigenvalue weighted by Gasteiger charge is -2.10. The Bertz CT molecular complexity index is 340. The van der Waals surface area contributed by atoms with E-state index in [-0.39, 0.29) is 15.6 Å². The molecule has 0 aliphatic heterocycles. The molecule has 68 valence electrons. The van der Waals surface area contributed by atoms with Crippen molar-refractivity contribution >= 4 is 27.9 Å². The number of carbonyl (C=O) groups is 2. The van der Waals surface area contributed by atoms with Gasteiger partial charge in [0.05, 0.1) is 11.9 Å². The number of benzene rings is 1. The van der Waals surface area contributed by atoms with Crippen molar-refractivity contribution in [3.05, 3.63) is 33.8 Å². The summed E-state index contributed by atoms with van der Waals surface area (Å²) in [6.07, 6.45) is 0. The fourth-order valence-electron chi connectivity index (χ4n) is 0.847. The van der Waals surface area contributed by atoms with Gasteiger partial charge in [-0.05, 0) is 15.9 Å². The second-order valence-electron chi connectivity index (χ2n) is 2.24. The second kappa shape index (κ2) is 3.57. The van der Waals surface area contributed by atoms with E-state index < -0.39 is 11.9 Å². The Balaban J connectivity index is 3.35. The summed E-state index contributed by atoms with van der Waals surface area (Å²) < 4.78 is -0.0324. The molecule has 0 fully saturated rings. The first-order chi connectivity index (χ1) is 6.04. The van der Waals surface area contributed by atoms with Crippen molar-refractivity contribution in [1.29, 1.82) is 0 Å². The predicted molar refractivity (Wildman–Crippen MR) is 42.8 cm³/mol. The van der Waals surface area contributed by atoms with Crippen LogP contribution in [0, 0.1) is 0 Å². The Morgan fingerprint density at radius 3 is 1.77 bits per heavy atom. The van der Waals surface area contributed by atoms with E-state index in [9.17, 15) is 19.8 Å². The molecule has 13 heavy (non-hydrogen) atoms. The third kappa shape index (κ3) is 1.86. The molecule has 0 heterocycles. The van der Waals surface area contributed by atoms with E-state index in [4.69, 9.17) is 0 Å². The van der Waals surface area contributed by atoms with Crippen molar-refractivity contribution in [2.75, 3.05) is 0 Å². The zero-order valence-electron chi connectivity index (χ0n) is 6.24. The quantitative estimate of drug-likeness (QED) is 0.679. The van der Waals surface area contributed by atoms with Gasteiger partial charge >= 0.3 is 0 Å². The molecule has 0 spiro atoms. The van der Waals surface area contributed by atoms with Crippen LogP contribution < -0.4 is 10.2 Å². The second-order valence-corrected chi connectivity index (χ2v) is 3.04. The normalized spacial score (nSPS) is 9.62. The van der Waals surface area contributed by atoms with Gasteiger partial charge in [0.25, 0.3) is 0 Å². The van der Waals surface area contributed by atoms with Gasteiger partial charge in [0.1, 0.15) is 0 Å². The average molecular weight is 243 g/mol. The van der Waals surface area contributed by atoms with E-state index in [1.54, 1.807) is 0 Å². The Labute approximate surface area is 81.9 Å². The minimum Gasteiger partial charge on any atom is -0.545 e. The van der Waals surface area contributed by atoms with Gasteiger partial charge in [-0.25, -0.2) is 0 Å². The summed E-state index contributed by atoms with van der Waals surface area (Å²) in [7, 11) is 0. The highest BCUT2D eigenvalue weighted by Gasteiger charge is 2.06. The van der Waals surface area contributed by atoms with Gasteiger partial charge in [-0.2, -0.15) is 0 Å². The van der Waals surface area contributed by atoms with Crippen molar-refractivity contribution in [3.8, 4) is 0 Å². The maximum atomic E-state index is 10.4. The molecule has 0 bridgehead atoms. The number of hydrogen-bond donors (Lipinski definition) is 0. The molecule has 1 aromatic rings. The van der Waals surface area contributed by atoms with Crippen LogP contribution in [0.25, 0.3) is 0 Å². The van der Waals surface area contributed by atoms with E-state index in [0.717, 1.165) is 0 Å². The molecule has 1 aromatic carbocycles. The van der Waals surface area contributed by atoms with Gasteiger partial charge in [0, 0.05) is 15.6 Å². The summed E-state index contributed by atoms with van der Waals surface area (Å²) in [6, 6.07) is 3.79. The maximum absolute atomic E-state index is 10.4. The summed E-state index contributed by atoms with van der Waals surface area (Å²) in [5, 5.41) is 20.9. The van der Waals surface area contributed by atoms with Gasteiger partial charge in [-0.15, -0.1) is 0 Å². The lowest BCUT2D eigenvalue weighted by molar-refractivity contribution is -0.255. The lowest BCUT2D eigenvalue weighted by Crippen LogP contribution is -2.26. The first kappa shape index (κ1) is 9.73. The Morgan fingerprint density at radius 2 is 1.46 bits per heavy atom. The van der Waals surface area contributed by atoms with Crippen molar-refractivity contribution in [3.63, 3.8) is 0 Å². The molecule has 5 heteroatoms. The minimum absolute atomic E-state index is 0.0324. The lowest BCUT2D eigenvalue weighted by atomic mass is 10.1. The third-order valence-electron chi connectivity index (χ3n) is 1.44. The molecule has 0 amide bonds. The highest BCUT2D eigenvalue weighted by Crippen LogP contribution is 2.20. The third-order valence-corrected chi connectivity index (χ3v) is 2.29. The number of carboxylic acids is 2. The van der Waals surface area contributed by atoms with Crippen LogP contribution in [0.3, 0.4) is 0 Å². The molecule has 0 atom stereocenters. The van der Waals surface area contributed by atoms with E-state index in [1.807, 2.05) is 0 Å². The molecule has 0 saturated heterocycles. The van der Waals surface area contributed by atoms with Crippen LogP contribution in [0.2, 0.25) is 0 Å². The molecule has 0 radical (unpaired) electrons. The van der Waals surface area contributed by atoms with E-state index >= 15 is 0 Å². The molecular weight excluding hydrogens is 240 g/mol. The molecule has 0 aliphatic carbocycles. The number of carbonyl (C=O) groups excluding carboxylic acids is 2. The monoisotopic (exact) mass is 242 g/mol. The zero-order chi connectivity index (χ0) is 10.0. The van der Waals surface area contributed by atoms with Crippen LogP contribution in [0.1, 0.15) is 20.7 Å². The first-order valence-electron chi connectivity index (χ1n) is 3.25. The van der Waals surface area contributed by atoms with Gasteiger partial charge < -0.3 is 19.8 Å². The van der Waals surface area contributed by atoms with Gasteiger partial charge in [-0.1, -0.05) is 18.2 Å². The van der Waals surface area contributed by atoms with Crippen molar-refractivity contribution in [1.82, 2.24) is 0 Å². The van der Waals surface area contributed by atoms with Crippen LogP contribution in [0.15, 0.2) is 22.7 Å². The zero-order valence-corrected chi connectivity index (χ0v) is 7.83. The van der Waals surface area contributed by atoms with E-state index in [0.29, 0.717) is 0 Å². The number of carboxylic acid groups (broad SMARTS) is 2.